The van der Waals surface area contributed by atoms with Crippen molar-refractivity contribution in [2.24, 2.45) is 0 Å². The maximum atomic E-state index is 6.19. The van der Waals surface area contributed by atoms with Crippen LogP contribution >= 0.6 is 0 Å². The van der Waals surface area contributed by atoms with Crippen molar-refractivity contribution in [3.05, 3.63) is 60.4 Å². The summed E-state index contributed by atoms with van der Waals surface area (Å²) in [5.74, 6) is 1.56. The minimum absolute atomic E-state index is 0.155. The van der Waals surface area contributed by atoms with Gasteiger partial charge in [0.05, 0.1) is 18.4 Å². The number of ether oxygens (including phenoxy) is 2. The summed E-state index contributed by atoms with van der Waals surface area (Å²) < 4.78 is 12.0. The van der Waals surface area contributed by atoms with Gasteiger partial charge in [-0.1, -0.05) is 12.1 Å². The summed E-state index contributed by atoms with van der Waals surface area (Å²) in [6, 6.07) is 8.31. The Labute approximate surface area is 189 Å². The number of aromatic nitrogens is 4. The zero-order valence-corrected chi connectivity index (χ0v) is 19.1. The van der Waals surface area contributed by atoms with Crippen molar-refractivity contribution in [1.29, 1.82) is 0 Å². The van der Waals surface area contributed by atoms with Crippen molar-refractivity contribution in [3.8, 4) is 16.9 Å². The van der Waals surface area contributed by atoms with Crippen LogP contribution in [0.4, 0.5) is 5.95 Å². The van der Waals surface area contributed by atoms with E-state index < -0.39 is 0 Å². The number of morpholine rings is 1. The number of hydrogen-bond acceptors (Lipinski definition) is 8. The third kappa shape index (κ3) is 5.38. The third-order valence-electron chi connectivity index (χ3n) is 5.21. The monoisotopic (exact) mass is 434 g/mol. The van der Waals surface area contributed by atoms with E-state index in [2.05, 4.69) is 32.0 Å². The van der Waals surface area contributed by atoms with E-state index in [0.29, 0.717) is 12.6 Å². The average molecular weight is 435 g/mol. The molecular weight excluding hydrogens is 404 g/mol. The predicted molar refractivity (Wildman–Crippen MR) is 124 cm³/mol. The third-order valence-corrected chi connectivity index (χ3v) is 5.21. The van der Waals surface area contributed by atoms with Gasteiger partial charge in [-0.3, -0.25) is 4.90 Å². The lowest BCUT2D eigenvalue weighted by Crippen LogP contribution is -2.38. The van der Waals surface area contributed by atoms with Gasteiger partial charge in [-0.2, -0.15) is 0 Å². The van der Waals surface area contributed by atoms with E-state index in [9.17, 15) is 0 Å². The van der Waals surface area contributed by atoms with E-state index in [0.717, 1.165) is 42.2 Å². The SMILES string of the molecule is CC(C)Oc1cccc(CN2CCO[C@@H](c3nc(N(C)C)ncc3-c3cncnc3)C2)c1. The highest BCUT2D eigenvalue weighted by Crippen LogP contribution is 2.31. The van der Waals surface area contributed by atoms with Crippen molar-refractivity contribution in [3.63, 3.8) is 0 Å². The highest BCUT2D eigenvalue weighted by molar-refractivity contribution is 5.64. The molecule has 8 heteroatoms. The molecule has 1 fully saturated rings. The van der Waals surface area contributed by atoms with Crippen LogP contribution in [-0.2, 0) is 11.3 Å². The molecule has 0 unspecified atom stereocenters. The number of rotatable bonds is 7. The second-order valence-corrected chi connectivity index (χ2v) is 8.40. The van der Waals surface area contributed by atoms with E-state index in [1.54, 1.807) is 12.4 Å². The zero-order valence-electron chi connectivity index (χ0n) is 19.1. The van der Waals surface area contributed by atoms with E-state index in [1.807, 2.05) is 51.2 Å². The molecule has 32 heavy (non-hydrogen) atoms. The predicted octanol–water partition coefficient (Wildman–Crippen LogP) is 3.36. The lowest BCUT2D eigenvalue weighted by atomic mass is 10.0. The summed E-state index contributed by atoms with van der Waals surface area (Å²) in [5.41, 5.74) is 3.86. The first kappa shape index (κ1) is 22.1. The van der Waals surface area contributed by atoms with Gasteiger partial charge < -0.3 is 14.4 Å². The minimum Gasteiger partial charge on any atom is -0.491 e. The molecule has 3 aromatic rings. The van der Waals surface area contributed by atoms with Crippen LogP contribution in [0.5, 0.6) is 5.75 Å². The molecule has 0 N–H and O–H groups in total. The quantitative estimate of drug-likeness (QED) is 0.560. The largest absolute Gasteiger partial charge is 0.491 e. The molecule has 0 saturated carbocycles. The molecule has 1 saturated heterocycles. The number of benzene rings is 1. The van der Waals surface area contributed by atoms with E-state index in [4.69, 9.17) is 14.5 Å². The molecule has 8 nitrogen and oxygen atoms in total. The van der Waals surface area contributed by atoms with Crippen LogP contribution in [0, 0.1) is 0 Å². The standard InChI is InChI=1S/C24H30N6O2/c1-17(2)32-20-7-5-6-18(10-20)14-30-8-9-31-22(15-30)23-21(19-11-25-16-26-12-19)13-27-24(28-23)29(3)4/h5-7,10-13,16-17,22H,8-9,14-15H2,1-4H3/t22-/m1/s1. The van der Waals surface area contributed by atoms with Gasteiger partial charge in [-0.05, 0) is 31.5 Å². The van der Waals surface area contributed by atoms with Crippen molar-refractivity contribution >= 4 is 5.95 Å². The molecule has 0 bridgehead atoms. The first-order valence-corrected chi connectivity index (χ1v) is 10.9. The van der Waals surface area contributed by atoms with Gasteiger partial charge in [0.25, 0.3) is 0 Å². The molecule has 168 valence electrons. The van der Waals surface area contributed by atoms with E-state index in [1.165, 1.54) is 11.9 Å². The fraction of sp³-hybridized carbons (Fsp3) is 0.417. The van der Waals surface area contributed by atoms with Gasteiger partial charge in [0.2, 0.25) is 5.95 Å². The highest BCUT2D eigenvalue weighted by atomic mass is 16.5. The summed E-state index contributed by atoms with van der Waals surface area (Å²) in [6.45, 7) is 7.14. The molecule has 0 aliphatic carbocycles. The summed E-state index contributed by atoms with van der Waals surface area (Å²) in [4.78, 5) is 22.0. The topological polar surface area (TPSA) is 76.5 Å². The van der Waals surface area contributed by atoms with Crippen LogP contribution in [0.25, 0.3) is 11.1 Å². The number of hydrogen-bond donors (Lipinski definition) is 0. The Morgan fingerprint density at radius 1 is 1.19 bits per heavy atom. The van der Waals surface area contributed by atoms with Crippen LogP contribution in [0.1, 0.15) is 31.2 Å². The fourth-order valence-corrected chi connectivity index (χ4v) is 3.77. The van der Waals surface area contributed by atoms with Crippen molar-refractivity contribution < 1.29 is 9.47 Å². The molecule has 0 radical (unpaired) electrons. The van der Waals surface area contributed by atoms with Crippen molar-refractivity contribution in [2.75, 3.05) is 38.7 Å². The summed E-state index contributed by atoms with van der Waals surface area (Å²) in [5, 5.41) is 0. The Balaban J connectivity index is 1.57. The summed E-state index contributed by atoms with van der Waals surface area (Å²) in [6.07, 6.45) is 6.91. The van der Waals surface area contributed by atoms with Crippen LogP contribution in [0.3, 0.4) is 0 Å². The number of nitrogens with zero attached hydrogens (tertiary/aromatic N) is 6. The summed E-state index contributed by atoms with van der Waals surface area (Å²) >= 11 is 0. The van der Waals surface area contributed by atoms with Gasteiger partial charge in [-0.25, -0.2) is 19.9 Å². The van der Waals surface area contributed by atoms with Gasteiger partial charge in [0.15, 0.2) is 0 Å². The molecule has 2 aromatic heterocycles. The lowest BCUT2D eigenvalue weighted by molar-refractivity contribution is -0.0347. The Bertz CT molecular complexity index is 1030. The Hall–Kier alpha value is -3.10. The minimum atomic E-state index is -0.171. The van der Waals surface area contributed by atoms with Crippen molar-refractivity contribution in [1.82, 2.24) is 24.8 Å². The average Bonchev–Trinajstić information content (AvgIpc) is 2.79. The smallest absolute Gasteiger partial charge is 0.225 e. The van der Waals surface area contributed by atoms with Crippen LogP contribution < -0.4 is 9.64 Å². The van der Waals surface area contributed by atoms with Gasteiger partial charge >= 0.3 is 0 Å². The Morgan fingerprint density at radius 3 is 2.75 bits per heavy atom. The molecular formula is C24H30N6O2. The van der Waals surface area contributed by atoms with Crippen LogP contribution in [-0.4, -0.2) is 64.7 Å². The molecule has 4 rings (SSSR count). The highest BCUT2D eigenvalue weighted by Gasteiger charge is 2.27. The first-order valence-electron chi connectivity index (χ1n) is 10.9. The Morgan fingerprint density at radius 2 is 2.00 bits per heavy atom. The van der Waals surface area contributed by atoms with Gasteiger partial charge in [-0.15, -0.1) is 0 Å². The zero-order chi connectivity index (χ0) is 22.5. The second kappa shape index (κ2) is 10.0. The normalized spacial score (nSPS) is 16.8. The van der Waals surface area contributed by atoms with Crippen LogP contribution in [0.15, 0.2) is 49.2 Å². The first-order chi connectivity index (χ1) is 15.5. The molecule has 1 atom stereocenters. The molecule has 3 heterocycles. The van der Waals surface area contributed by atoms with Crippen LogP contribution in [0.2, 0.25) is 0 Å². The second-order valence-electron chi connectivity index (χ2n) is 8.40. The Kier molecular flexibility index (Phi) is 6.92. The molecule has 1 aliphatic rings. The molecule has 1 aromatic carbocycles. The molecule has 0 spiro atoms. The van der Waals surface area contributed by atoms with Gasteiger partial charge in [0, 0.05) is 63.4 Å². The molecule has 0 amide bonds. The van der Waals surface area contributed by atoms with E-state index in [-0.39, 0.29) is 12.2 Å². The maximum Gasteiger partial charge on any atom is 0.225 e. The van der Waals surface area contributed by atoms with E-state index >= 15 is 0 Å². The lowest BCUT2D eigenvalue weighted by Gasteiger charge is -2.33. The van der Waals surface area contributed by atoms with Gasteiger partial charge in [0.1, 0.15) is 18.2 Å². The summed E-state index contributed by atoms with van der Waals surface area (Å²) in [7, 11) is 3.87. The maximum absolute atomic E-state index is 6.19. The molecule has 1 aliphatic heterocycles. The van der Waals surface area contributed by atoms with Crippen molar-refractivity contribution in [2.45, 2.75) is 32.6 Å². The fourth-order valence-electron chi connectivity index (χ4n) is 3.77. The number of anilines is 1.